The normalized spacial score (nSPS) is 22.9. The molecule has 3 nitrogen and oxygen atoms in total. The van der Waals surface area contributed by atoms with E-state index in [-0.39, 0.29) is 17.6 Å². The van der Waals surface area contributed by atoms with Crippen LogP contribution >= 0.6 is 20.8 Å². The van der Waals surface area contributed by atoms with Crippen LogP contribution in [-0.2, 0) is 11.2 Å². The molecule has 1 saturated carbocycles. The standard InChI is InChI=1S/C38H40BrO3P/c1-3-38(35(23-24-36(38)40)34-21-19-28-27-29(42-2)20-22-33(28)37(34)41)25-26-43(39,30-13-7-4-8-14-30,31-15-9-5-10-16-31)32-17-11-6-12-18-32/h4-18,20,22,27,34-35H,3,19,21,23-26H2,1-2H3/t34?,35-,38-/m0/s1. The molecule has 4 aromatic rings. The average molecular weight is 656 g/mol. The fraction of sp³-hybridized carbons (Fsp3) is 0.316. The van der Waals surface area contributed by atoms with E-state index in [0.29, 0.717) is 12.2 Å². The quantitative estimate of drug-likeness (QED) is 0.172. The van der Waals surface area contributed by atoms with E-state index in [1.165, 1.54) is 15.9 Å². The van der Waals surface area contributed by atoms with Crippen molar-refractivity contribution in [2.24, 2.45) is 17.3 Å². The molecule has 1 unspecified atom stereocenters. The number of carbonyl (C=O) groups excluding carboxylic acids is 2. The van der Waals surface area contributed by atoms with Crippen molar-refractivity contribution in [2.75, 3.05) is 13.3 Å². The Morgan fingerprint density at radius 2 is 1.35 bits per heavy atom. The van der Waals surface area contributed by atoms with Gasteiger partial charge in [-0.05, 0) is 0 Å². The molecule has 43 heavy (non-hydrogen) atoms. The summed E-state index contributed by atoms with van der Waals surface area (Å²) in [5.41, 5.74) is 1.33. The number of fused-ring (bicyclic) bond motifs is 1. The van der Waals surface area contributed by atoms with Crippen LogP contribution in [0.25, 0.3) is 0 Å². The minimum atomic E-state index is -3.21. The Balaban J connectivity index is 1.45. The number of rotatable bonds is 9. The van der Waals surface area contributed by atoms with E-state index in [9.17, 15) is 9.59 Å². The number of hydrogen-bond acceptors (Lipinski definition) is 3. The zero-order valence-electron chi connectivity index (χ0n) is 25.0. The number of ether oxygens (including phenoxy) is 1. The average Bonchev–Trinajstić information content (AvgIpc) is 3.40. The summed E-state index contributed by atoms with van der Waals surface area (Å²) in [6.07, 6.45) is 5.24. The number of carbonyl (C=O) groups is 2. The molecule has 4 aromatic carbocycles. The van der Waals surface area contributed by atoms with Gasteiger partial charge in [0.25, 0.3) is 0 Å². The zero-order valence-corrected chi connectivity index (χ0v) is 27.5. The van der Waals surface area contributed by atoms with Gasteiger partial charge in [-0.15, -0.1) is 0 Å². The molecular formula is C38H40BrO3P. The van der Waals surface area contributed by atoms with Crippen LogP contribution in [0.1, 0.15) is 54.9 Å². The van der Waals surface area contributed by atoms with Gasteiger partial charge in [-0.3, -0.25) is 0 Å². The van der Waals surface area contributed by atoms with E-state index < -0.39 is 10.7 Å². The van der Waals surface area contributed by atoms with Crippen molar-refractivity contribution < 1.29 is 14.3 Å². The fourth-order valence-electron chi connectivity index (χ4n) is 8.20. The van der Waals surface area contributed by atoms with Gasteiger partial charge in [-0.25, -0.2) is 0 Å². The van der Waals surface area contributed by atoms with E-state index in [2.05, 4.69) is 113 Å². The van der Waals surface area contributed by atoms with E-state index >= 15 is 0 Å². The van der Waals surface area contributed by atoms with Gasteiger partial charge < -0.3 is 0 Å². The summed E-state index contributed by atoms with van der Waals surface area (Å²) in [5.74, 6) is 1.22. The van der Waals surface area contributed by atoms with Crippen molar-refractivity contribution >= 4 is 48.3 Å². The van der Waals surface area contributed by atoms with Crippen LogP contribution in [0.5, 0.6) is 5.75 Å². The second-order valence-electron chi connectivity index (χ2n) is 12.3. The first-order valence-corrected chi connectivity index (χ1v) is 19.9. The van der Waals surface area contributed by atoms with E-state index in [1.807, 2.05) is 18.2 Å². The molecule has 0 amide bonds. The molecule has 0 aromatic heterocycles. The van der Waals surface area contributed by atoms with Crippen LogP contribution in [-0.4, -0.2) is 24.8 Å². The summed E-state index contributed by atoms with van der Waals surface area (Å²) in [5, 5.41) is 0.567. The summed E-state index contributed by atoms with van der Waals surface area (Å²) >= 11 is 4.60. The molecule has 2 aliphatic rings. The van der Waals surface area contributed by atoms with Crippen molar-refractivity contribution in [2.45, 2.75) is 45.4 Å². The summed E-state index contributed by atoms with van der Waals surface area (Å²) in [6, 6.07) is 38.2. The van der Waals surface area contributed by atoms with Gasteiger partial charge in [0.05, 0.1) is 0 Å². The summed E-state index contributed by atoms with van der Waals surface area (Å²) in [7, 11) is 1.66. The van der Waals surface area contributed by atoms with Gasteiger partial charge in [0.15, 0.2) is 0 Å². The Bertz CT molecular complexity index is 1520. The van der Waals surface area contributed by atoms with Gasteiger partial charge in [-0.1, -0.05) is 0 Å². The molecule has 222 valence electrons. The molecule has 0 bridgehead atoms. The third-order valence-corrected chi connectivity index (χ3v) is 20.5. The maximum absolute atomic E-state index is 14.1. The summed E-state index contributed by atoms with van der Waals surface area (Å²) in [4.78, 5) is 28.2. The van der Waals surface area contributed by atoms with Crippen molar-refractivity contribution in [3.63, 3.8) is 0 Å². The summed E-state index contributed by atoms with van der Waals surface area (Å²) in [6.45, 7) is 2.17. The Hall–Kier alpha value is -3.07. The number of Topliss-reactive ketones (excluding diaryl/α,β-unsaturated/α-hetero) is 2. The predicted molar refractivity (Wildman–Crippen MR) is 183 cm³/mol. The molecule has 0 radical (unpaired) electrons. The number of methoxy groups -OCH3 is 1. The molecule has 0 N–H and O–H groups in total. The first kappa shape index (κ1) is 30.0. The van der Waals surface area contributed by atoms with Crippen LogP contribution in [0.4, 0.5) is 0 Å². The Morgan fingerprint density at radius 3 is 1.86 bits per heavy atom. The number of benzene rings is 4. The van der Waals surface area contributed by atoms with Crippen molar-refractivity contribution in [3.05, 3.63) is 120 Å². The summed E-state index contributed by atoms with van der Waals surface area (Å²) < 4.78 is 5.43. The van der Waals surface area contributed by atoms with Crippen LogP contribution in [0, 0.1) is 17.3 Å². The molecule has 0 saturated heterocycles. The molecule has 1 fully saturated rings. The maximum atomic E-state index is 14.1. The minimum absolute atomic E-state index is 0.0384. The second-order valence-corrected chi connectivity index (χ2v) is 21.3. The molecule has 0 heterocycles. The van der Waals surface area contributed by atoms with E-state index in [1.54, 1.807) is 7.11 Å². The Labute approximate surface area is 263 Å². The van der Waals surface area contributed by atoms with Crippen molar-refractivity contribution in [3.8, 4) is 5.75 Å². The molecule has 0 spiro atoms. The third-order valence-electron chi connectivity index (χ3n) is 10.6. The number of halogens is 1. The number of aryl methyl sites for hydroxylation is 1. The first-order valence-electron chi connectivity index (χ1n) is 15.5. The van der Waals surface area contributed by atoms with Crippen molar-refractivity contribution in [1.82, 2.24) is 0 Å². The third kappa shape index (κ3) is 4.82. The van der Waals surface area contributed by atoms with Gasteiger partial charge in [-0.2, -0.15) is 0 Å². The second kappa shape index (κ2) is 11.8. The van der Waals surface area contributed by atoms with Crippen LogP contribution in [0.15, 0.2) is 109 Å². The van der Waals surface area contributed by atoms with Crippen molar-refractivity contribution in [1.29, 1.82) is 0 Å². The Morgan fingerprint density at radius 1 is 0.791 bits per heavy atom. The monoisotopic (exact) mass is 654 g/mol. The SMILES string of the molecule is CC[C@@]1(CCP(Br)(c2ccccc2)(c2ccccc2)c2ccccc2)C(=O)CC[C@H]1C1CCc2cc(OC)ccc2C1=O. The number of ketones is 2. The molecule has 0 aliphatic heterocycles. The fourth-order valence-corrected chi connectivity index (χ4v) is 15.7. The van der Waals surface area contributed by atoms with Gasteiger partial charge >= 0.3 is 265 Å². The van der Waals surface area contributed by atoms with E-state index in [0.717, 1.165) is 55.1 Å². The van der Waals surface area contributed by atoms with Crippen LogP contribution < -0.4 is 20.7 Å². The Kier molecular flexibility index (Phi) is 8.22. The molecule has 3 atom stereocenters. The topological polar surface area (TPSA) is 43.4 Å². The van der Waals surface area contributed by atoms with Crippen LogP contribution in [0.3, 0.4) is 0 Å². The van der Waals surface area contributed by atoms with Gasteiger partial charge in [0.2, 0.25) is 0 Å². The zero-order chi connectivity index (χ0) is 30.1. The molecule has 2 aliphatic carbocycles. The van der Waals surface area contributed by atoms with Gasteiger partial charge in [0.1, 0.15) is 0 Å². The molecule has 6 rings (SSSR count). The number of hydrogen-bond donors (Lipinski definition) is 0. The predicted octanol–water partition coefficient (Wildman–Crippen LogP) is 8.05. The van der Waals surface area contributed by atoms with E-state index in [4.69, 9.17) is 4.74 Å². The van der Waals surface area contributed by atoms with Crippen LogP contribution in [0.2, 0.25) is 0 Å². The molecular weight excluding hydrogens is 615 g/mol. The van der Waals surface area contributed by atoms with Gasteiger partial charge in [0, 0.05) is 0 Å². The first-order chi connectivity index (χ1) is 20.8. The molecule has 5 heteroatoms.